The summed E-state index contributed by atoms with van der Waals surface area (Å²) in [4.78, 5) is 11.0. The topological polar surface area (TPSA) is 90.7 Å². The van der Waals surface area contributed by atoms with E-state index in [0.29, 0.717) is 24.3 Å². The molecule has 0 aliphatic carbocycles. The first-order valence-corrected chi connectivity index (χ1v) is 5.04. The summed E-state index contributed by atoms with van der Waals surface area (Å²) in [5.41, 5.74) is 0.465. The molecule has 6 nitrogen and oxygen atoms in total. The van der Waals surface area contributed by atoms with E-state index in [1.807, 2.05) is 6.07 Å². The van der Waals surface area contributed by atoms with Crippen molar-refractivity contribution in [3.05, 3.63) is 17.8 Å². The van der Waals surface area contributed by atoms with Gasteiger partial charge >= 0.3 is 0 Å². The Bertz CT molecular complexity index is 429. The molecule has 2 N–H and O–H groups in total. The number of amides is 1. The number of anilines is 1. The van der Waals surface area contributed by atoms with Gasteiger partial charge < -0.3 is 10.6 Å². The van der Waals surface area contributed by atoms with E-state index in [9.17, 15) is 4.79 Å². The second-order valence-corrected chi connectivity index (χ2v) is 3.59. The van der Waals surface area contributed by atoms with Crippen molar-refractivity contribution in [3.8, 4) is 6.07 Å². The lowest BCUT2D eigenvalue weighted by Gasteiger charge is -2.23. The average Bonchev–Trinajstić information content (AvgIpc) is 2.33. The molecular weight excluding hydrogens is 206 g/mol. The summed E-state index contributed by atoms with van der Waals surface area (Å²) < 4.78 is 0. The van der Waals surface area contributed by atoms with Crippen LogP contribution in [0.2, 0.25) is 0 Å². The highest BCUT2D eigenvalue weighted by Gasteiger charge is 2.18. The molecule has 1 aliphatic heterocycles. The fourth-order valence-electron chi connectivity index (χ4n) is 1.58. The molecule has 2 heterocycles. The van der Waals surface area contributed by atoms with Crippen molar-refractivity contribution in [1.29, 1.82) is 5.26 Å². The first-order chi connectivity index (χ1) is 7.79. The Kier molecular flexibility index (Phi) is 2.96. The maximum absolute atomic E-state index is 11.0. The van der Waals surface area contributed by atoms with Crippen LogP contribution in [0.3, 0.4) is 0 Å². The highest BCUT2D eigenvalue weighted by Crippen LogP contribution is 2.13. The fraction of sp³-hybridized carbons (Fsp3) is 0.400. The van der Waals surface area contributed by atoms with Crippen LogP contribution >= 0.6 is 0 Å². The third kappa shape index (κ3) is 2.25. The van der Waals surface area contributed by atoms with E-state index in [2.05, 4.69) is 20.8 Å². The Morgan fingerprint density at radius 1 is 1.62 bits per heavy atom. The van der Waals surface area contributed by atoms with Crippen LogP contribution in [0.15, 0.2) is 12.3 Å². The number of nitrogens with one attached hydrogen (secondary N) is 2. The van der Waals surface area contributed by atoms with Crippen LogP contribution in [-0.4, -0.2) is 28.7 Å². The van der Waals surface area contributed by atoms with E-state index in [0.717, 1.165) is 6.42 Å². The molecule has 0 saturated carbocycles. The zero-order valence-electron chi connectivity index (χ0n) is 8.60. The Balaban J connectivity index is 2.04. The largest absolute Gasteiger partial charge is 0.363 e. The van der Waals surface area contributed by atoms with Gasteiger partial charge in [0.1, 0.15) is 6.07 Å². The second-order valence-electron chi connectivity index (χ2n) is 3.59. The first kappa shape index (κ1) is 10.4. The van der Waals surface area contributed by atoms with Crippen LogP contribution in [0.25, 0.3) is 0 Å². The highest BCUT2D eigenvalue weighted by atomic mass is 16.1. The fourth-order valence-corrected chi connectivity index (χ4v) is 1.58. The van der Waals surface area contributed by atoms with E-state index in [1.54, 1.807) is 6.07 Å². The summed E-state index contributed by atoms with van der Waals surface area (Å²) >= 11 is 0. The maximum atomic E-state index is 11.0. The minimum Gasteiger partial charge on any atom is -0.363 e. The van der Waals surface area contributed by atoms with E-state index in [4.69, 9.17) is 5.26 Å². The molecule has 1 atom stereocenters. The van der Waals surface area contributed by atoms with Gasteiger partial charge in [-0.1, -0.05) is 0 Å². The summed E-state index contributed by atoms with van der Waals surface area (Å²) in [7, 11) is 0. The summed E-state index contributed by atoms with van der Waals surface area (Å²) in [5, 5.41) is 22.3. The lowest BCUT2D eigenvalue weighted by atomic mass is 10.1. The SMILES string of the molecule is N#Cc1ccnnc1NC1CCC(=O)NC1. The predicted molar refractivity (Wildman–Crippen MR) is 56.4 cm³/mol. The minimum atomic E-state index is 0.0673. The van der Waals surface area contributed by atoms with Crippen LogP contribution in [0, 0.1) is 11.3 Å². The van der Waals surface area contributed by atoms with Gasteiger partial charge in [0.2, 0.25) is 5.91 Å². The maximum Gasteiger partial charge on any atom is 0.220 e. The lowest BCUT2D eigenvalue weighted by molar-refractivity contribution is -0.122. The summed E-state index contributed by atoms with van der Waals surface area (Å²) in [5.74, 6) is 0.545. The van der Waals surface area contributed by atoms with Crippen molar-refractivity contribution < 1.29 is 4.79 Å². The lowest BCUT2D eigenvalue weighted by Crippen LogP contribution is -2.42. The third-order valence-corrected chi connectivity index (χ3v) is 2.45. The molecule has 1 aromatic heterocycles. The van der Waals surface area contributed by atoms with Crippen molar-refractivity contribution in [1.82, 2.24) is 15.5 Å². The van der Waals surface area contributed by atoms with Gasteiger partial charge in [0.15, 0.2) is 5.82 Å². The number of rotatable bonds is 2. The number of aromatic nitrogens is 2. The number of hydrogen-bond acceptors (Lipinski definition) is 5. The molecule has 1 aromatic rings. The highest BCUT2D eigenvalue weighted by molar-refractivity contribution is 5.77. The van der Waals surface area contributed by atoms with Crippen molar-refractivity contribution in [2.45, 2.75) is 18.9 Å². The van der Waals surface area contributed by atoms with E-state index in [1.165, 1.54) is 6.20 Å². The number of hydrogen-bond donors (Lipinski definition) is 2. The number of carbonyl (C=O) groups is 1. The molecule has 16 heavy (non-hydrogen) atoms. The molecule has 82 valence electrons. The standard InChI is InChI=1S/C10H11N5O/c11-5-7-3-4-13-15-10(7)14-8-1-2-9(16)12-6-8/h3-4,8H,1-2,6H2,(H,12,16)(H,14,15). The number of nitriles is 1. The monoisotopic (exact) mass is 217 g/mol. The molecule has 1 aliphatic rings. The van der Waals surface area contributed by atoms with Gasteiger partial charge in [-0.15, -0.1) is 5.10 Å². The van der Waals surface area contributed by atoms with Gasteiger partial charge in [0.25, 0.3) is 0 Å². The third-order valence-electron chi connectivity index (χ3n) is 2.45. The molecule has 0 spiro atoms. The first-order valence-electron chi connectivity index (χ1n) is 5.04. The van der Waals surface area contributed by atoms with Gasteiger partial charge in [0.05, 0.1) is 11.8 Å². The van der Waals surface area contributed by atoms with Crippen molar-refractivity contribution >= 4 is 11.7 Å². The van der Waals surface area contributed by atoms with Crippen molar-refractivity contribution in [3.63, 3.8) is 0 Å². The van der Waals surface area contributed by atoms with Gasteiger partial charge in [-0.2, -0.15) is 10.4 Å². The molecule has 1 unspecified atom stereocenters. The van der Waals surface area contributed by atoms with Crippen LogP contribution in [0.4, 0.5) is 5.82 Å². The normalized spacial score (nSPS) is 19.7. The molecule has 1 saturated heterocycles. The molecule has 0 bridgehead atoms. The Morgan fingerprint density at radius 3 is 3.19 bits per heavy atom. The van der Waals surface area contributed by atoms with Crippen molar-refractivity contribution in [2.24, 2.45) is 0 Å². The van der Waals surface area contributed by atoms with Gasteiger partial charge in [-0.05, 0) is 12.5 Å². The summed E-state index contributed by atoms with van der Waals surface area (Å²) in [6.45, 7) is 0.556. The predicted octanol–water partition coefficient (Wildman–Crippen LogP) is 0.0388. The molecule has 2 rings (SSSR count). The molecule has 1 amide bonds. The Labute approximate surface area is 92.7 Å². The second kappa shape index (κ2) is 4.57. The van der Waals surface area contributed by atoms with Gasteiger partial charge in [-0.25, -0.2) is 0 Å². The van der Waals surface area contributed by atoms with Crippen LogP contribution in [-0.2, 0) is 4.79 Å². The molecule has 0 radical (unpaired) electrons. The summed E-state index contributed by atoms with van der Waals surface area (Å²) in [6.07, 6.45) is 2.72. The zero-order valence-corrected chi connectivity index (χ0v) is 8.60. The molecule has 1 fully saturated rings. The van der Waals surface area contributed by atoms with Crippen molar-refractivity contribution in [2.75, 3.05) is 11.9 Å². The van der Waals surface area contributed by atoms with Crippen LogP contribution in [0.5, 0.6) is 0 Å². The molecular formula is C10H11N5O. The van der Waals surface area contributed by atoms with Gasteiger partial charge in [-0.3, -0.25) is 4.79 Å². The van der Waals surface area contributed by atoms with E-state index in [-0.39, 0.29) is 11.9 Å². The Morgan fingerprint density at radius 2 is 2.50 bits per heavy atom. The van der Waals surface area contributed by atoms with Crippen LogP contribution in [0.1, 0.15) is 18.4 Å². The average molecular weight is 217 g/mol. The smallest absolute Gasteiger partial charge is 0.220 e. The zero-order chi connectivity index (χ0) is 11.4. The molecule has 0 aromatic carbocycles. The van der Waals surface area contributed by atoms with Gasteiger partial charge in [0, 0.05) is 19.0 Å². The number of nitrogens with zero attached hydrogens (tertiary/aromatic N) is 3. The quantitative estimate of drug-likeness (QED) is 0.729. The summed E-state index contributed by atoms with van der Waals surface area (Å²) in [6, 6.07) is 3.76. The van der Waals surface area contributed by atoms with E-state index >= 15 is 0 Å². The Hall–Kier alpha value is -2.16. The van der Waals surface area contributed by atoms with Crippen LogP contribution < -0.4 is 10.6 Å². The van der Waals surface area contributed by atoms with E-state index < -0.39 is 0 Å². The minimum absolute atomic E-state index is 0.0673. The molecule has 6 heteroatoms. The number of carbonyl (C=O) groups excluding carboxylic acids is 1. The number of piperidine rings is 1.